The molecule has 0 aromatic heterocycles. The summed E-state index contributed by atoms with van der Waals surface area (Å²) in [4.78, 5) is 32.4. The second kappa shape index (κ2) is 13.5. The van der Waals surface area contributed by atoms with Crippen molar-refractivity contribution < 1.29 is 9.59 Å². The highest BCUT2D eigenvalue weighted by molar-refractivity contribution is 5.80. The molecule has 2 aliphatic rings. The molecule has 0 unspecified atom stereocenters. The molecule has 0 saturated carbocycles. The Morgan fingerprint density at radius 1 is 0.738 bits per heavy atom. The van der Waals surface area contributed by atoms with Crippen LogP contribution < -0.4 is 0 Å². The first-order chi connectivity index (χ1) is 19.7. The number of amides is 2. The first-order valence-corrected chi connectivity index (χ1v) is 13.5. The van der Waals surface area contributed by atoms with Gasteiger partial charge in [0.2, 0.25) is 11.8 Å². The van der Waals surface area contributed by atoms with Crippen LogP contribution >= 0.6 is 0 Å². The number of nitriles is 5. The Morgan fingerprint density at radius 2 is 1.14 bits per heavy atom. The molecule has 0 aromatic carbocycles. The Hall–Kier alpha value is -5.16. The minimum absolute atomic E-state index is 0.126. The van der Waals surface area contributed by atoms with Crippen LogP contribution in [-0.4, -0.2) is 35.7 Å². The Bertz CT molecular complexity index is 1410. The van der Waals surface area contributed by atoms with E-state index in [4.69, 9.17) is 6.57 Å². The van der Waals surface area contributed by atoms with Gasteiger partial charge in [0, 0.05) is 43.9 Å². The lowest BCUT2D eigenvalue weighted by atomic mass is 9.72. The van der Waals surface area contributed by atoms with Gasteiger partial charge in [0.1, 0.15) is 23.8 Å². The Balaban J connectivity index is 2.17. The number of hydrogen-bond acceptors (Lipinski definition) is 7. The summed E-state index contributed by atoms with van der Waals surface area (Å²) in [5, 5.41) is 47.9. The van der Waals surface area contributed by atoms with Crippen LogP contribution in [0.5, 0.6) is 0 Å². The van der Waals surface area contributed by atoms with Crippen LogP contribution in [0.25, 0.3) is 4.85 Å². The fraction of sp³-hybridized carbons (Fsp3) is 0.500. The molecule has 0 radical (unpaired) electrons. The molecular formula is C32H34N8O2. The number of unbranched alkanes of at least 4 members (excludes halogenated alkanes) is 1. The zero-order chi connectivity index (χ0) is 31.8. The average molecular weight is 563 g/mol. The quantitative estimate of drug-likeness (QED) is 0.218. The normalized spacial score (nSPS) is 18.2. The molecule has 2 amide bonds. The van der Waals surface area contributed by atoms with Gasteiger partial charge in [0.15, 0.2) is 0 Å². The van der Waals surface area contributed by atoms with E-state index in [1.807, 2.05) is 45.9 Å². The zero-order valence-corrected chi connectivity index (χ0v) is 25.1. The number of hydrogen-bond donors (Lipinski definition) is 0. The zero-order valence-electron chi connectivity index (χ0n) is 25.1. The van der Waals surface area contributed by atoms with E-state index in [0.29, 0.717) is 61.1 Å². The fourth-order valence-corrected chi connectivity index (χ4v) is 5.45. The lowest BCUT2D eigenvalue weighted by Crippen LogP contribution is -2.33. The van der Waals surface area contributed by atoms with E-state index in [2.05, 4.69) is 17.0 Å². The molecule has 2 aliphatic carbocycles. The minimum atomic E-state index is -0.363. The van der Waals surface area contributed by atoms with Gasteiger partial charge in [-0.25, -0.2) is 10.1 Å². The molecule has 0 aliphatic heterocycles. The topological polar surface area (TPSA) is 164 Å². The Labute approximate surface area is 248 Å². The monoisotopic (exact) mass is 562 g/mol. The highest BCUT2D eigenvalue weighted by Crippen LogP contribution is 2.45. The summed E-state index contributed by atoms with van der Waals surface area (Å²) in [5.41, 5.74) is 1.06. The van der Waals surface area contributed by atoms with E-state index < -0.39 is 0 Å². The Morgan fingerprint density at radius 3 is 1.50 bits per heavy atom. The molecule has 0 aromatic rings. The van der Waals surface area contributed by atoms with Crippen molar-refractivity contribution in [2.24, 2.45) is 10.8 Å². The van der Waals surface area contributed by atoms with Crippen molar-refractivity contribution in [2.45, 2.75) is 79.1 Å². The van der Waals surface area contributed by atoms with E-state index in [9.17, 15) is 35.9 Å². The number of carbonyl (C=O) groups excluding carboxylic acids is 2. The average Bonchev–Trinajstić information content (AvgIpc) is 2.94. The lowest BCUT2D eigenvalue weighted by Gasteiger charge is -2.36. The smallest absolute Gasteiger partial charge is 0.266 e. The predicted octanol–water partition coefficient (Wildman–Crippen LogP) is 5.70. The summed E-state index contributed by atoms with van der Waals surface area (Å²) in [6, 6.07) is 9.80. The van der Waals surface area contributed by atoms with Gasteiger partial charge in [-0.3, -0.25) is 9.59 Å². The van der Waals surface area contributed by atoms with E-state index in [0.717, 1.165) is 0 Å². The maximum absolute atomic E-state index is 13.1. The first kappa shape index (κ1) is 33.0. The van der Waals surface area contributed by atoms with Crippen molar-refractivity contribution in [2.75, 3.05) is 14.1 Å². The molecule has 0 bridgehead atoms. The van der Waals surface area contributed by atoms with Gasteiger partial charge in [0.05, 0.1) is 29.9 Å². The molecule has 2 rings (SSSR count). The van der Waals surface area contributed by atoms with Gasteiger partial charge in [-0.1, -0.05) is 27.7 Å². The number of carbonyl (C=O) groups is 2. The van der Waals surface area contributed by atoms with Crippen LogP contribution in [0, 0.1) is 74.1 Å². The van der Waals surface area contributed by atoms with E-state index in [-0.39, 0.29) is 57.9 Å². The van der Waals surface area contributed by atoms with Crippen molar-refractivity contribution in [3.05, 3.63) is 56.4 Å². The maximum Gasteiger partial charge on any atom is 0.266 e. The molecule has 10 nitrogen and oxygen atoms in total. The van der Waals surface area contributed by atoms with Gasteiger partial charge in [-0.15, -0.1) is 0 Å². The molecular weight excluding hydrogens is 528 g/mol. The molecule has 0 heterocycles. The molecule has 42 heavy (non-hydrogen) atoms. The second-order valence-electron chi connectivity index (χ2n) is 12.1. The van der Waals surface area contributed by atoms with Crippen molar-refractivity contribution in [1.82, 2.24) is 9.80 Å². The molecule has 0 atom stereocenters. The lowest BCUT2D eigenvalue weighted by molar-refractivity contribution is -0.130. The number of nitrogens with zero attached hydrogens (tertiary/aromatic N) is 8. The molecule has 214 valence electrons. The minimum Gasteiger partial charge on any atom is -0.318 e. The molecule has 0 N–H and O–H groups in total. The summed E-state index contributed by atoms with van der Waals surface area (Å²) in [7, 11) is 3.16. The van der Waals surface area contributed by atoms with Gasteiger partial charge in [-0.05, 0) is 54.9 Å². The summed E-state index contributed by atoms with van der Waals surface area (Å²) < 4.78 is 0. The maximum atomic E-state index is 13.1. The van der Waals surface area contributed by atoms with Crippen LogP contribution in [0.3, 0.4) is 0 Å². The molecule has 10 heteroatoms. The van der Waals surface area contributed by atoms with Gasteiger partial charge in [0.25, 0.3) is 5.70 Å². The predicted molar refractivity (Wildman–Crippen MR) is 153 cm³/mol. The van der Waals surface area contributed by atoms with Crippen molar-refractivity contribution in [3.63, 3.8) is 0 Å². The van der Waals surface area contributed by atoms with E-state index in [1.54, 1.807) is 14.1 Å². The first-order valence-electron chi connectivity index (χ1n) is 13.5. The Kier molecular flexibility index (Phi) is 10.6. The van der Waals surface area contributed by atoms with Gasteiger partial charge < -0.3 is 9.80 Å². The highest BCUT2D eigenvalue weighted by Gasteiger charge is 2.36. The SMILES string of the molecule is [C-]#[N+]/C(C#N)=C1\CC(C)(C)CC(N(C)C(=O)CCCCC(=O)N(C)C2=C(C#N)C(=C(C#N)C#N)CC(C)(C)C2)=C1C#N. The third-order valence-electron chi connectivity index (χ3n) is 7.63. The summed E-state index contributed by atoms with van der Waals surface area (Å²) in [6.07, 6.45) is 2.69. The largest absolute Gasteiger partial charge is 0.318 e. The summed E-state index contributed by atoms with van der Waals surface area (Å²) in [5.74, 6) is -0.483. The van der Waals surface area contributed by atoms with Gasteiger partial charge >= 0.3 is 0 Å². The standard InChI is InChI=1S/C32H34N8O2/c1-31(2)12-22(21(16-33)17-34)24(18-35)27(14-31)39(6)29(41)10-8-9-11-30(42)40(7)28-15-32(3,4)13-23(25(28)19-36)26(20-37)38-5/h8-15H2,1-4,6-7H3/b26-23+. The summed E-state index contributed by atoms with van der Waals surface area (Å²) >= 11 is 0. The van der Waals surface area contributed by atoms with E-state index in [1.165, 1.54) is 9.80 Å². The van der Waals surface area contributed by atoms with Crippen molar-refractivity contribution in [3.8, 4) is 30.3 Å². The van der Waals surface area contributed by atoms with Crippen molar-refractivity contribution in [1.29, 1.82) is 26.3 Å². The van der Waals surface area contributed by atoms with Gasteiger partial charge in [-0.2, -0.15) is 21.0 Å². The van der Waals surface area contributed by atoms with Crippen LogP contribution in [0.15, 0.2) is 45.0 Å². The molecule has 0 saturated heterocycles. The fourth-order valence-electron chi connectivity index (χ4n) is 5.45. The third-order valence-corrected chi connectivity index (χ3v) is 7.63. The van der Waals surface area contributed by atoms with E-state index >= 15 is 0 Å². The summed E-state index contributed by atoms with van der Waals surface area (Å²) in [6.45, 7) is 15.2. The second-order valence-corrected chi connectivity index (χ2v) is 12.1. The molecule has 0 spiro atoms. The van der Waals surface area contributed by atoms with Crippen LogP contribution in [0.1, 0.15) is 79.1 Å². The molecule has 0 fully saturated rings. The van der Waals surface area contributed by atoms with Crippen LogP contribution in [-0.2, 0) is 9.59 Å². The van der Waals surface area contributed by atoms with Crippen LogP contribution in [0.4, 0.5) is 0 Å². The van der Waals surface area contributed by atoms with Crippen LogP contribution in [0.2, 0.25) is 0 Å². The van der Waals surface area contributed by atoms with Crippen molar-refractivity contribution >= 4 is 11.8 Å². The highest BCUT2D eigenvalue weighted by atomic mass is 16.2. The number of allylic oxidation sites excluding steroid dienone is 8. The number of rotatable bonds is 7. The third kappa shape index (κ3) is 7.32.